The second-order valence-corrected chi connectivity index (χ2v) is 10.4. The average molecular weight is 399 g/mol. The monoisotopic (exact) mass is 398 g/mol. The quantitative estimate of drug-likeness (QED) is 0.515. The largest absolute Gasteiger partial charge is 0.352 e. The smallest absolute Gasteiger partial charge is 0.0478 e. The molecule has 6 rings (SSSR count). The first-order valence-electron chi connectivity index (χ1n) is 11.9. The van der Waals surface area contributed by atoms with E-state index < -0.39 is 0 Å². The van der Waals surface area contributed by atoms with Crippen molar-refractivity contribution in [2.75, 3.05) is 7.05 Å². The summed E-state index contributed by atoms with van der Waals surface area (Å²) in [6, 6.07) is 9.37. The zero-order valence-corrected chi connectivity index (χ0v) is 18.9. The summed E-state index contributed by atoms with van der Waals surface area (Å²) in [6.45, 7) is 4.65. The highest BCUT2D eigenvalue weighted by molar-refractivity contribution is 5.85. The van der Waals surface area contributed by atoms with Gasteiger partial charge in [-0.1, -0.05) is 23.8 Å². The van der Waals surface area contributed by atoms with Crippen molar-refractivity contribution in [2.45, 2.75) is 46.0 Å². The maximum Gasteiger partial charge on any atom is 0.0478 e. The molecule has 3 aliphatic carbocycles. The van der Waals surface area contributed by atoms with Crippen LogP contribution in [0.15, 0.2) is 59.6 Å². The highest BCUT2D eigenvalue weighted by Crippen LogP contribution is 2.57. The third kappa shape index (κ3) is 2.55. The van der Waals surface area contributed by atoms with Gasteiger partial charge in [-0.15, -0.1) is 0 Å². The van der Waals surface area contributed by atoms with E-state index in [9.17, 15) is 0 Å². The molecule has 5 unspecified atom stereocenters. The SMILES string of the molecule is CC1=C(C)N(C)C2=CCC3C4CC=C(c5ccc6c(ccn6C)c5)C4CCC3C2C1. The van der Waals surface area contributed by atoms with Crippen LogP contribution in [0.5, 0.6) is 0 Å². The van der Waals surface area contributed by atoms with E-state index >= 15 is 0 Å². The Bertz CT molecular complexity index is 1110. The van der Waals surface area contributed by atoms with Gasteiger partial charge in [-0.2, -0.15) is 0 Å². The van der Waals surface area contributed by atoms with E-state index in [1.54, 1.807) is 16.8 Å². The van der Waals surface area contributed by atoms with E-state index in [-0.39, 0.29) is 0 Å². The molecule has 1 aromatic heterocycles. The van der Waals surface area contributed by atoms with E-state index in [1.807, 2.05) is 0 Å². The topological polar surface area (TPSA) is 8.17 Å². The standard InChI is InChI=1S/C28H34N2/c1-17-15-26-25-9-8-22-21(19-5-11-27-20(16-19)13-14-29(27)3)6-7-23(22)24(25)10-12-28(26)30(4)18(17)2/h5-6,11-14,16,22-26H,7-10,15H2,1-4H3. The molecule has 2 heterocycles. The van der Waals surface area contributed by atoms with Crippen LogP contribution in [0.2, 0.25) is 0 Å². The predicted molar refractivity (Wildman–Crippen MR) is 126 cm³/mol. The molecule has 0 saturated heterocycles. The molecule has 156 valence electrons. The molecule has 5 atom stereocenters. The molecule has 0 N–H and O–H groups in total. The van der Waals surface area contributed by atoms with Crippen LogP contribution < -0.4 is 0 Å². The molecule has 0 spiro atoms. The predicted octanol–water partition coefficient (Wildman–Crippen LogP) is 6.76. The molecule has 2 aromatic rings. The summed E-state index contributed by atoms with van der Waals surface area (Å²) < 4.78 is 2.22. The first-order valence-corrected chi connectivity index (χ1v) is 11.9. The Labute approximate surface area is 180 Å². The number of hydrogen-bond donors (Lipinski definition) is 0. The lowest BCUT2D eigenvalue weighted by atomic mass is 9.57. The second kappa shape index (κ2) is 6.64. The summed E-state index contributed by atoms with van der Waals surface area (Å²) in [5.74, 6) is 4.11. The molecular weight excluding hydrogens is 364 g/mol. The number of benzene rings is 1. The minimum absolute atomic E-state index is 0.753. The van der Waals surface area contributed by atoms with Crippen LogP contribution >= 0.6 is 0 Å². The molecule has 2 nitrogen and oxygen atoms in total. The Hall–Kier alpha value is -2.22. The summed E-state index contributed by atoms with van der Waals surface area (Å²) >= 11 is 0. The minimum Gasteiger partial charge on any atom is -0.352 e. The Balaban J connectivity index is 1.28. The van der Waals surface area contributed by atoms with Crippen LogP contribution in [0.1, 0.15) is 51.5 Å². The number of aromatic nitrogens is 1. The van der Waals surface area contributed by atoms with Crippen molar-refractivity contribution in [3.63, 3.8) is 0 Å². The number of hydrogen-bond acceptors (Lipinski definition) is 1. The Morgan fingerprint density at radius 2 is 1.70 bits per heavy atom. The molecule has 1 aromatic carbocycles. The van der Waals surface area contributed by atoms with Gasteiger partial charge in [0.2, 0.25) is 0 Å². The number of fused-ring (bicyclic) bond motifs is 6. The normalized spacial score (nSPS) is 33.2. The molecule has 0 amide bonds. The first-order chi connectivity index (χ1) is 14.5. The third-order valence-corrected chi connectivity index (χ3v) is 9.19. The van der Waals surface area contributed by atoms with Crippen LogP contribution in [-0.4, -0.2) is 16.5 Å². The second-order valence-electron chi connectivity index (χ2n) is 10.4. The molecule has 1 saturated carbocycles. The zero-order valence-electron chi connectivity index (χ0n) is 18.9. The minimum atomic E-state index is 0.753. The highest BCUT2D eigenvalue weighted by atomic mass is 15.1. The lowest BCUT2D eigenvalue weighted by Crippen LogP contribution is -2.43. The van der Waals surface area contributed by atoms with Crippen molar-refractivity contribution in [3.05, 3.63) is 65.1 Å². The van der Waals surface area contributed by atoms with Crippen LogP contribution in [0.4, 0.5) is 0 Å². The van der Waals surface area contributed by atoms with Gasteiger partial charge < -0.3 is 9.47 Å². The van der Waals surface area contributed by atoms with Crippen molar-refractivity contribution in [3.8, 4) is 0 Å². The number of rotatable bonds is 1. The molecule has 1 fully saturated rings. The van der Waals surface area contributed by atoms with Crippen LogP contribution in [0.25, 0.3) is 16.5 Å². The van der Waals surface area contributed by atoms with Crippen LogP contribution in [-0.2, 0) is 7.05 Å². The van der Waals surface area contributed by atoms with Gasteiger partial charge in [0.1, 0.15) is 0 Å². The van der Waals surface area contributed by atoms with E-state index in [4.69, 9.17) is 0 Å². The van der Waals surface area contributed by atoms with Gasteiger partial charge in [-0.25, -0.2) is 0 Å². The van der Waals surface area contributed by atoms with Gasteiger partial charge >= 0.3 is 0 Å². The maximum atomic E-state index is 2.61. The van der Waals surface area contributed by atoms with Crippen molar-refractivity contribution in [2.24, 2.45) is 36.6 Å². The molecule has 1 aliphatic heterocycles. The van der Waals surface area contributed by atoms with Crippen molar-refractivity contribution >= 4 is 16.5 Å². The lowest BCUT2D eigenvalue weighted by Gasteiger charge is -2.51. The summed E-state index contributed by atoms with van der Waals surface area (Å²) in [7, 11) is 4.43. The zero-order chi connectivity index (χ0) is 20.6. The molecule has 0 bridgehead atoms. The van der Waals surface area contributed by atoms with Crippen molar-refractivity contribution in [1.82, 2.24) is 9.47 Å². The van der Waals surface area contributed by atoms with E-state index in [1.165, 1.54) is 54.3 Å². The lowest BCUT2D eigenvalue weighted by molar-refractivity contribution is 0.0709. The first kappa shape index (κ1) is 18.5. The maximum absolute atomic E-state index is 2.61. The fourth-order valence-electron chi connectivity index (χ4n) is 7.42. The van der Waals surface area contributed by atoms with Crippen molar-refractivity contribution in [1.29, 1.82) is 0 Å². The summed E-state index contributed by atoms with van der Waals surface area (Å²) in [4.78, 5) is 2.50. The van der Waals surface area contributed by atoms with E-state index in [0.29, 0.717) is 0 Å². The van der Waals surface area contributed by atoms with Gasteiger partial charge in [0.15, 0.2) is 0 Å². The summed E-state index contributed by atoms with van der Waals surface area (Å²) in [5, 5.41) is 1.38. The van der Waals surface area contributed by atoms with Gasteiger partial charge in [0.25, 0.3) is 0 Å². The van der Waals surface area contributed by atoms with Crippen LogP contribution in [0.3, 0.4) is 0 Å². The molecule has 30 heavy (non-hydrogen) atoms. The highest BCUT2D eigenvalue weighted by Gasteiger charge is 2.48. The fraction of sp³-hybridized carbons (Fsp3) is 0.500. The van der Waals surface area contributed by atoms with Gasteiger partial charge in [-0.05, 0) is 99.0 Å². The van der Waals surface area contributed by atoms with Gasteiger partial charge in [0, 0.05) is 48.5 Å². The van der Waals surface area contributed by atoms with Crippen molar-refractivity contribution < 1.29 is 0 Å². The molecule has 0 radical (unpaired) electrons. The summed E-state index contributed by atoms with van der Waals surface area (Å²) in [5.41, 5.74) is 9.15. The third-order valence-electron chi connectivity index (χ3n) is 9.19. The molecule has 2 heteroatoms. The van der Waals surface area contributed by atoms with Gasteiger partial charge in [-0.3, -0.25) is 0 Å². The Morgan fingerprint density at radius 3 is 2.57 bits per heavy atom. The van der Waals surface area contributed by atoms with Gasteiger partial charge in [0.05, 0.1) is 0 Å². The molecular formula is C28H34N2. The Morgan fingerprint density at radius 1 is 0.867 bits per heavy atom. The average Bonchev–Trinajstić information content (AvgIpc) is 3.35. The Kier molecular flexibility index (Phi) is 4.10. The van der Waals surface area contributed by atoms with E-state index in [2.05, 4.69) is 80.0 Å². The van der Waals surface area contributed by atoms with E-state index in [0.717, 1.165) is 29.6 Å². The molecule has 4 aliphatic rings. The van der Waals surface area contributed by atoms with Crippen LogP contribution in [0, 0.1) is 29.6 Å². The summed E-state index contributed by atoms with van der Waals surface area (Å²) in [6.07, 6.45) is 14.0. The number of nitrogens with zero attached hydrogens (tertiary/aromatic N) is 2. The fourth-order valence-corrected chi connectivity index (χ4v) is 7.42. The number of aryl methyl sites for hydroxylation is 1. The number of allylic oxidation sites excluding steroid dienone is 6.